The van der Waals surface area contributed by atoms with Crippen LogP contribution in [0.15, 0.2) is 36.5 Å². The minimum absolute atomic E-state index is 0.104. The molecule has 1 N–H and O–H groups in total. The molecule has 0 bridgehead atoms. The van der Waals surface area contributed by atoms with E-state index >= 15 is 0 Å². The Kier molecular flexibility index (Phi) is 3.28. The number of aromatic nitrogens is 2. The van der Waals surface area contributed by atoms with Gasteiger partial charge in [0.15, 0.2) is 0 Å². The molecule has 0 unspecified atom stereocenters. The average Bonchev–Trinajstić information content (AvgIpc) is 3.30. The molecule has 1 aromatic carbocycles. The summed E-state index contributed by atoms with van der Waals surface area (Å²) in [4.78, 5) is 18.9. The zero-order valence-electron chi connectivity index (χ0n) is 10.8. The Morgan fingerprint density at radius 2 is 2.00 bits per heavy atom. The van der Waals surface area contributed by atoms with E-state index in [1.54, 1.807) is 18.3 Å². The quantitative estimate of drug-likeness (QED) is 0.667. The third kappa shape index (κ3) is 2.90. The molecule has 2 aromatic rings. The Balaban J connectivity index is 1.63. The summed E-state index contributed by atoms with van der Waals surface area (Å²) in [6.07, 6.45) is 4.11. The summed E-state index contributed by atoms with van der Waals surface area (Å²) >= 11 is 0. The molecule has 0 amide bonds. The molecule has 1 saturated carbocycles. The minimum Gasteiger partial charge on any atom is -0.366 e. The van der Waals surface area contributed by atoms with E-state index in [2.05, 4.69) is 15.3 Å². The topological polar surface area (TPSA) is 81.0 Å². The van der Waals surface area contributed by atoms with Crippen molar-refractivity contribution in [2.24, 2.45) is 0 Å². The van der Waals surface area contributed by atoms with E-state index in [0.717, 1.165) is 17.2 Å². The predicted octanol–water partition coefficient (Wildman–Crippen LogP) is 2.87. The van der Waals surface area contributed by atoms with Crippen LogP contribution in [0.1, 0.15) is 30.1 Å². The van der Waals surface area contributed by atoms with Crippen LogP contribution in [0.4, 0.5) is 11.5 Å². The molecule has 1 aromatic heterocycles. The monoisotopic (exact) mass is 270 g/mol. The number of nitro benzene ring substituents is 1. The summed E-state index contributed by atoms with van der Waals surface area (Å²) in [6.45, 7) is 0.582. The molecule has 0 atom stereocenters. The van der Waals surface area contributed by atoms with Gasteiger partial charge in [0, 0.05) is 30.8 Å². The van der Waals surface area contributed by atoms with E-state index in [4.69, 9.17) is 0 Å². The van der Waals surface area contributed by atoms with Gasteiger partial charge in [0.25, 0.3) is 5.69 Å². The van der Waals surface area contributed by atoms with Crippen molar-refractivity contribution in [2.45, 2.75) is 25.3 Å². The fraction of sp³-hybridized carbons (Fsp3) is 0.286. The number of rotatable bonds is 5. The Bertz CT molecular complexity index is 623. The van der Waals surface area contributed by atoms with E-state index in [0.29, 0.717) is 12.5 Å². The molecule has 0 saturated heterocycles. The molecule has 0 aliphatic heterocycles. The number of benzene rings is 1. The highest BCUT2D eigenvalue weighted by atomic mass is 16.6. The van der Waals surface area contributed by atoms with Gasteiger partial charge < -0.3 is 5.32 Å². The molecule has 0 radical (unpaired) electrons. The molecular weight excluding hydrogens is 256 g/mol. The van der Waals surface area contributed by atoms with Crippen LogP contribution in [0, 0.1) is 10.1 Å². The highest BCUT2D eigenvalue weighted by molar-refractivity contribution is 5.38. The van der Waals surface area contributed by atoms with Gasteiger partial charge in [0.1, 0.15) is 11.6 Å². The van der Waals surface area contributed by atoms with Crippen LogP contribution < -0.4 is 5.32 Å². The maximum absolute atomic E-state index is 10.6. The summed E-state index contributed by atoms with van der Waals surface area (Å²) in [5.41, 5.74) is 1.08. The SMILES string of the molecule is O=[N+]([O-])c1ccc(CNc2ccnc(C3CC3)n2)cc1. The standard InChI is InChI=1S/C14H14N4O2/c19-18(20)12-5-1-10(2-6-12)9-16-13-7-8-15-14(17-13)11-3-4-11/h1-2,5-8,11H,3-4,9H2,(H,15,16,17). The number of nitrogens with zero attached hydrogens (tertiary/aromatic N) is 3. The van der Waals surface area contributed by atoms with Gasteiger partial charge in [-0.15, -0.1) is 0 Å². The Morgan fingerprint density at radius 1 is 1.25 bits per heavy atom. The van der Waals surface area contributed by atoms with E-state index in [1.165, 1.54) is 25.0 Å². The van der Waals surface area contributed by atoms with Gasteiger partial charge in [-0.2, -0.15) is 0 Å². The molecule has 102 valence electrons. The van der Waals surface area contributed by atoms with Crippen molar-refractivity contribution in [3.8, 4) is 0 Å². The second-order valence-corrected chi connectivity index (χ2v) is 4.85. The smallest absolute Gasteiger partial charge is 0.269 e. The van der Waals surface area contributed by atoms with Crippen LogP contribution in [0.5, 0.6) is 0 Å². The number of nitrogens with one attached hydrogen (secondary N) is 1. The van der Waals surface area contributed by atoms with Crippen molar-refractivity contribution in [1.82, 2.24) is 9.97 Å². The lowest BCUT2D eigenvalue weighted by atomic mass is 10.2. The fourth-order valence-corrected chi connectivity index (χ4v) is 1.94. The zero-order chi connectivity index (χ0) is 13.9. The molecule has 1 heterocycles. The van der Waals surface area contributed by atoms with Gasteiger partial charge in [0.2, 0.25) is 0 Å². The summed E-state index contributed by atoms with van der Waals surface area (Å²) in [5, 5.41) is 13.8. The first kappa shape index (κ1) is 12.5. The Labute approximate surface area is 116 Å². The van der Waals surface area contributed by atoms with Crippen molar-refractivity contribution in [1.29, 1.82) is 0 Å². The fourth-order valence-electron chi connectivity index (χ4n) is 1.94. The van der Waals surface area contributed by atoms with Crippen molar-refractivity contribution < 1.29 is 4.92 Å². The van der Waals surface area contributed by atoms with Crippen molar-refractivity contribution in [3.63, 3.8) is 0 Å². The first-order valence-corrected chi connectivity index (χ1v) is 6.52. The molecular formula is C14H14N4O2. The van der Waals surface area contributed by atoms with Gasteiger partial charge in [-0.25, -0.2) is 9.97 Å². The summed E-state index contributed by atoms with van der Waals surface area (Å²) in [5.74, 6) is 2.22. The van der Waals surface area contributed by atoms with Gasteiger partial charge in [-0.05, 0) is 24.5 Å². The molecule has 1 fully saturated rings. The van der Waals surface area contributed by atoms with Crippen molar-refractivity contribution in [2.75, 3.05) is 5.32 Å². The maximum Gasteiger partial charge on any atom is 0.269 e. The van der Waals surface area contributed by atoms with Gasteiger partial charge in [0.05, 0.1) is 4.92 Å². The van der Waals surface area contributed by atoms with Crippen LogP contribution in [0.2, 0.25) is 0 Å². The normalized spacial score (nSPS) is 14.0. The third-order valence-electron chi connectivity index (χ3n) is 3.24. The summed E-state index contributed by atoms with van der Waals surface area (Å²) in [6, 6.07) is 8.33. The van der Waals surface area contributed by atoms with Crippen molar-refractivity contribution in [3.05, 3.63) is 58.0 Å². The number of hydrogen-bond donors (Lipinski definition) is 1. The molecule has 20 heavy (non-hydrogen) atoms. The maximum atomic E-state index is 10.6. The zero-order valence-corrected chi connectivity index (χ0v) is 10.8. The summed E-state index contributed by atoms with van der Waals surface area (Å²) in [7, 11) is 0. The van der Waals surface area contributed by atoms with Gasteiger partial charge in [-0.1, -0.05) is 12.1 Å². The molecule has 1 aliphatic rings. The number of non-ortho nitro benzene ring substituents is 1. The largest absolute Gasteiger partial charge is 0.366 e. The predicted molar refractivity (Wildman–Crippen MR) is 74.4 cm³/mol. The van der Waals surface area contributed by atoms with E-state index in [-0.39, 0.29) is 5.69 Å². The molecule has 6 heteroatoms. The lowest BCUT2D eigenvalue weighted by molar-refractivity contribution is -0.384. The first-order valence-electron chi connectivity index (χ1n) is 6.52. The summed E-state index contributed by atoms with van der Waals surface area (Å²) < 4.78 is 0. The van der Waals surface area contributed by atoms with E-state index in [9.17, 15) is 10.1 Å². The highest BCUT2D eigenvalue weighted by Gasteiger charge is 2.26. The molecule has 1 aliphatic carbocycles. The molecule has 6 nitrogen and oxygen atoms in total. The molecule has 3 rings (SSSR count). The minimum atomic E-state index is -0.399. The average molecular weight is 270 g/mol. The van der Waals surface area contributed by atoms with Crippen LogP contribution in [0.25, 0.3) is 0 Å². The second-order valence-electron chi connectivity index (χ2n) is 4.85. The number of hydrogen-bond acceptors (Lipinski definition) is 5. The second kappa shape index (κ2) is 5.24. The Morgan fingerprint density at radius 3 is 2.65 bits per heavy atom. The van der Waals surface area contributed by atoms with Gasteiger partial charge in [-0.3, -0.25) is 10.1 Å². The lowest BCUT2D eigenvalue weighted by Crippen LogP contribution is -2.03. The first-order chi connectivity index (χ1) is 9.72. The van der Waals surface area contributed by atoms with Crippen LogP contribution in [-0.2, 0) is 6.54 Å². The third-order valence-corrected chi connectivity index (χ3v) is 3.24. The lowest BCUT2D eigenvalue weighted by Gasteiger charge is -2.06. The highest BCUT2D eigenvalue weighted by Crippen LogP contribution is 2.38. The van der Waals surface area contributed by atoms with Crippen LogP contribution in [-0.4, -0.2) is 14.9 Å². The number of anilines is 1. The molecule has 0 spiro atoms. The van der Waals surface area contributed by atoms with Crippen LogP contribution >= 0.6 is 0 Å². The van der Waals surface area contributed by atoms with Crippen LogP contribution in [0.3, 0.4) is 0 Å². The van der Waals surface area contributed by atoms with Gasteiger partial charge >= 0.3 is 0 Å². The number of nitro groups is 1. The van der Waals surface area contributed by atoms with E-state index in [1.807, 2.05) is 6.07 Å². The van der Waals surface area contributed by atoms with Crippen molar-refractivity contribution >= 4 is 11.5 Å². The van der Waals surface area contributed by atoms with E-state index < -0.39 is 4.92 Å². The Hall–Kier alpha value is -2.50.